The smallest absolute Gasteiger partial charge is 0.251 e. The Bertz CT molecular complexity index is 769. The molecule has 1 N–H and O–H groups in total. The molecule has 5 heteroatoms. The number of benzene rings is 1. The molecular formula is C20H23N3O2. The maximum atomic E-state index is 12.4. The van der Waals surface area contributed by atoms with Gasteiger partial charge in [-0.15, -0.1) is 0 Å². The van der Waals surface area contributed by atoms with Gasteiger partial charge >= 0.3 is 0 Å². The number of aryl methyl sites for hydroxylation is 2. The Labute approximate surface area is 147 Å². The normalized spacial score (nSPS) is 19.4. The highest BCUT2D eigenvalue weighted by molar-refractivity contribution is 5.94. The van der Waals surface area contributed by atoms with Crippen LogP contribution in [0.15, 0.2) is 30.5 Å². The maximum Gasteiger partial charge on any atom is 0.251 e. The zero-order valence-corrected chi connectivity index (χ0v) is 14.3. The number of carbonyl (C=O) groups is 1. The summed E-state index contributed by atoms with van der Waals surface area (Å²) in [5.74, 6) is 1.04. The molecule has 0 bridgehead atoms. The van der Waals surface area contributed by atoms with Crippen molar-refractivity contribution < 1.29 is 9.53 Å². The molecule has 1 amide bonds. The lowest BCUT2D eigenvalue weighted by Gasteiger charge is -2.20. The fourth-order valence-corrected chi connectivity index (χ4v) is 3.64. The average molecular weight is 337 g/mol. The fourth-order valence-electron chi connectivity index (χ4n) is 3.64. The number of fused-ring (bicyclic) bond motifs is 1. The molecule has 2 heterocycles. The molecule has 1 aliphatic carbocycles. The van der Waals surface area contributed by atoms with E-state index in [1.165, 1.54) is 17.5 Å². The van der Waals surface area contributed by atoms with Gasteiger partial charge in [0.25, 0.3) is 5.91 Å². The first kappa shape index (κ1) is 16.2. The lowest BCUT2D eigenvalue weighted by Crippen LogP contribution is -2.24. The van der Waals surface area contributed by atoms with Crippen molar-refractivity contribution in [1.29, 1.82) is 0 Å². The topological polar surface area (TPSA) is 64.1 Å². The molecule has 1 aromatic carbocycles. The van der Waals surface area contributed by atoms with Crippen LogP contribution in [0.4, 0.5) is 0 Å². The predicted octanol–water partition coefficient (Wildman–Crippen LogP) is 2.79. The second kappa shape index (κ2) is 7.31. The molecule has 0 unspecified atom stereocenters. The summed E-state index contributed by atoms with van der Waals surface area (Å²) >= 11 is 0. The van der Waals surface area contributed by atoms with Crippen LogP contribution in [0.2, 0.25) is 0 Å². The zero-order valence-electron chi connectivity index (χ0n) is 14.3. The summed E-state index contributed by atoms with van der Waals surface area (Å²) in [6.45, 7) is 1.93. The molecule has 1 aliphatic heterocycles. The molecule has 1 fully saturated rings. The van der Waals surface area contributed by atoms with Crippen molar-refractivity contribution in [2.45, 2.75) is 44.6 Å². The Morgan fingerprint density at radius 3 is 3.00 bits per heavy atom. The minimum absolute atomic E-state index is 0.0455. The van der Waals surface area contributed by atoms with Crippen molar-refractivity contribution in [3.05, 3.63) is 58.7 Å². The molecule has 1 atom stereocenters. The number of rotatable bonds is 4. The van der Waals surface area contributed by atoms with Gasteiger partial charge in [0.2, 0.25) is 0 Å². The molecule has 4 rings (SSSR count). The van der Waals surface area contributed by atoms with E-state index in [2.05, 4.69) is 21.4 Å². The zero-order chi connectivity index (χ0) is 17.1. The number of ether oxygens (including phenoxy) is 1. The molecule has 0 radical (unpaired) electrons. The van der Waals surface area contributed by atoms with Crippen LogP contribution in [0.3, 0.4) is 0 Å². The van der Waals surface area contributed by atoms with Crippen molar-refractivity contribution in [1.82, 2.24) is 15.3 Å². The fraction of sp³-hybridized carbons (Fsp3) is 0.450. The van der Waals surface area contributed by atoms with Crippen molar-refractivity contribution >= 4 is 5.91 Å². The van der Waals surface area contributed by atoms with Gasteiger partial charge in [-0.05, 0) is 61.4 Å². The molecule has 0 saturated carbocycles. The van der Waals surface area contributed by atoms with Gasteiger partial charge in [0.15, 0.2) is 0 Å². The molecule has 0 spiro atoms. The number of nitrogens with one attached hydrogen (secondary N) is 1. The van der Waals surface area contributed by atoms with E-state index in [1.807, 2.05) is 18.2 Å². The van der Waals surface area contributed by atoms with Gasteiger partial charge in [-0.25, -0.2) is 9.97 Å². The molecule has 2 aliphatic rings. The van der Waals surface area contributed by atoms with E-state index >= 15 is 0 Å². The summed E-state index contributed by atoms with van der Waals surface area (Å²) in [5.41, 5.74) is 4.27. The van der Waals surface area contributed by atoms with Crippen LogP contribution in [0.1, 0.15) is 58.2 Å². The maximum absolute atomic E-state index is 12.4. The largest absolute Gasteiger partial charge is 0.381 e. The highest BCUT2D eigenvalue weighted by atomic mass is 16.5. The third-order valence-corrected chi connectivity index (χ3v) is 5.05. The average Bonchev–Trinajstić information content (AvgIpc) is 3.15. The van der Waals surface area contributed by atoms with Gasteiger partial charge in [-0.1, -0.05) is 6.07 Å². The van der Waals surface area contributed by atoms with E-state index in [0.717, 1.165) is 49.4 Å². The number of aromatic nitrogens is 2. The standard InChI is InChI=1S/C20H23N3O2/c24-20(16-7-6-14-3-1-4-15(14)11-16)22-12-18-8-9-21-19(23-18)17-5-2-10-25-13-17/h6-9,11,17H,1-5,10,12-13H2,(H,22,24)/t17-/m1/s1. The van der Waals surface area contributed by atoms with Gasteiger partial charge in [0, 0.05) is 24.3 Å². The Balaban J connectivity index is 1.40. The number of hydrogen-bond acceptors (Lipinski definition) is 4. The SMILES string of the molecule is O=C(NCc1ccnc([C@@H]2CCCOC2)n1)c1ccc2c(c1)CCC2. The van der Waals surface area contributed by atoms with E-state index in [4.69, 9.17) is 4.74 Å². The van der Waals surface area contributed by atoms with E-state index in [9.17, 15) is 4.79 Å². The summed E-state index contributed by atoms with van der Waals surface area (Å²) in [7, 11) is 0. The van der Waals surface area contributed by atoms with Gasteiger partial charge in [-0.3, -0.25) is 4.79 Å². The van der Waals surface area contributed by atoms with Gasteiger partial charge in [0.05, 0.1) is 18.8 Å². The Morgan fingerprint density at radius 2 is 2.12 bits per heavy atom. The highest BCUT2D eigenvalue weighted by Gasteiger charge is 2.19. The number of hydrogen-bond donors (Lipinski definition) is 1. The molecule has 130 valence electrons. The van der Waals surface area contributed by atoms with Crippen molar-refractivity contribution in [2.75, 3.05) is 13.2 Å². The van der Waals surface area contributed by atoms with E-state index in [1.54, 1.807) is 6.20 Å². The number of nitrogens with zero attached hydrogens (tertiary/aromatic N) is 2. The molecule has 1 aromatic heterocycles. The summed E-state index contributed by atoms with van der Waals surface area (Å²) in [5, 5.41) is 2.98. The molecule has 5 nitrogen and oxygen atoms in total. The monoisotopic (exact) mass is 337 g/mol. The van der Waals surface area contributed by atoms with E-state index in [0.29, 0.717) is 13.2 Å². The molecule has 2 aromatic rings. The first-order valence-electron chi connectivity index (χ1n) is 9.09. The lowest BCUT2D eigenvalue weighted by molar-refractivity contribution is 0.0779. The van der Waals surface area contributed by atoms with Crippen LogP contribution in [0, 0.1) is 0 Å². The summed E-state index contributed by atoms with van der Waals surface area (Å²) in [4.78, 5) is 21.4. The first-order chi connectivity index (χ1) is 12.3. The first-order valence-corrected chi connectivity index (χ1v) is 9.09. The predicted molar refractivity (Wildman–Crippen MR) is 94.5 cm³/mol. The van der Waals surface area contributed by atoms with Crippen LogP contribution in [-0.2, 0) is 24.1 Å². The third-order valence-electron chi connectivity index (χ3n) is 5.05. The number of carbonyl (C=O) groups excluding carboxylic acids is 1. The Kier molecular flexibility index (Phi) is 4.74. The third kappa shape index (κ3) is 3.71. The van der Waals surface area contributed by atoms with Crippen molar-refractivity contribution in [3.8, 4) is 0 Å². The van der Waals surface area contributed by atoms with Crippen LogP contribution in [0.5, 0.6) is 0 Å². The second-order valence-electron chi connectivity index (χ2n) is 6.84. The van der Waals surface area contributed by atoms with Crippen LogP contribution < -0.4 is 5.32 Å². The molecule has 1 saturated heterocycles. The van der Waals surface area contributed by atoms with Crippen molar-refractivity contribution in [3.63, 3.8) is 0 Å². The quantitative estimate of drug-likeness (QED) is 0.932. The summed E-state index contributed by atoms with van der Waals surface area (Å²) in [6.07, 6.45) is 7.28. The lowest BCUT2D eigenvalue weighted by atomic mass is 10.0. The highest BCUT2D eigenvalue weighted by Crippen LogP contribution is 2.23. The summed E-state index contributed by atoms with van der Waals surface area (Å²) < 4.78 is 5.52. The van der Waals surface area contributed by atoms with Gasteiger partial charge in [0.1, 0.15) is 5.82 Å². The minimum Gasteiger partial charge on any atom is -0.381 e. The van der Waals surface area contributed by atoms with E-state index < -0.39 is 0 Å². The second-order valence-corrected chi connectivity index (χ2v) is 6.84. The molecular weight excluding hydrogens is 314 g/mol. The van der Waals surface area contributed by atoms with Gasteiger partial charge < -0.3 is 10.1 Å². The minimum atomic E-state index is -0.0455. The van der Waals surface area contributed by atoms with E-state index in [-0.39, 0.29) is 11.8 Å². The molecule has 25 heavy (non-hydrogen) atoms. The Morgan fingerprint density at radius 1 is 1.20 bits per heavy atom. The van der Waals surface area contributed by atoms with Crippen LogP contribution in [0.25, 0.3) is 0 Å². The van der Waals surface area contributed by atoms with Gasteiger partial charge in [-0.2, -0.15) is 0 Å². The Hall–Kier alpha value is -2.27. The van der Waals surface area contributed by atoms with Crippen LogP contribution in [-0.4, -0.2) is 29.1 Å². The van der Waals surface area contributed by atoms with Crippen molar-refractivity contribution in [2.24, 2.45) is 0 Å². The summed E-state index contributed by atoms with van der Waals surface area (Å²) in [6, 6.07) is 7.89. The van der Waals surface area contributed by atoms with Crippen LogP contribution >= 0.6 is 0 Å². The number of amides is 1.